The van der Waals surface area contributed by atoms with Crippen molar-refractivity contribution in [3.63, 3.8) is 0 Å². The van der Waals surface area contributed by atoms with Crippen molar-refractivity contribution in [3.8, 4) is 0 Å². The molecule has 1 atom stereocenters. The van der Waals surface area contributed by atoms with Crippen LogP contribution in [0.25, 0.3) is 10.1 Å². The summed E-state index contributed by atoms with van der Waals surface area (Å²) in [6, 6.07) is 6.47. The van der Waals surface area contributed by atoms with Gasteiger partial charge in [0.05, 0.1) is 6.61 Å². The lowest BCUT2D eigenvalue weighted by Crippen LogP contribution is -2.35. The van der Waals surface area contributed by atoms with E-state index in [-0.39, 0.29) is 15.8 Å². The molecule has 0 saturated carbocycles. The quantitative estimate of drug-likeness (QED) is 0.891. The number of aromatic carboxylic acids is 1. The molecule has 0 spiro atoms. The van der Waals surface area contributed by atoms with Crippen LogP contribution in [0.5, 0.6) is 0 Å². The monoisotopic (exact) mass is 327 g/mol. The maximum atomic E-state index is 12.6. The van der Waals surface area contributed by atoms with Crippen molar-refractivity contribution in [2.75, 3.05) is 13.2 Å². The van der Waals surface area contributed by atoms with Gasteiger partial charge in [-0.15, -0.1) is 11.3 Å². The molecule has 0 radical (unpaired) electrons. The lowest BCUT2D eigenvalue weighted by molar-refractivity contribution is 0.0698. The second-order valence-electron chi connectivity index (χ2n) is 4.74. The molecule has 2 aromatic rings. The van der Waals surface area contributed by atoms with Gasteiger partial charge in [0.25, 0.3) is 0 Å². The molecule has 112 valence electrons. The number of carboxylic acids is 1. The van der Waals surface area contributed by atoms with E-state index in [2.05, 4.69) is 4.72 Å². The Labute approximate surface area is 125 Å². The highest BCUT2D eigenvalue weighted by molar-refractivity contribution is 7.90. The summed E-state index contributed by atoms with van der Waals surface area (Å²) in [6.45, 7) is 0.813. The Morgan fingerprint density at radius 1 is 1.38 bits per heavy atom. The summed E-state index contributed by atoms with van der Waals surface area (Å²) < 4.78 is 33.4. The summed E-state index contributed by atoms with van der Waals surface area (Å²) in [7, 11) is -3.90. The highest BCUT2D eigenvalue weighted by Crippen LogP contribution is 2.34. The van der Waals surface area contributed by atoms with E-state index in [4.69, 9.17) is 4.74 Å². The first kappa shape index (κ1) is 14.5. The molecule has 1 aliphatic heterocycles. The maximum Gasteiger partial charge on any atom is 0.347 e. The third-order valence-electron chi connectivity index (χ3n) is 3.26. The van der Waals surface area contributed by atoms with E-state index >= 15 is 0 Å². The smallest absolute Gasteiger partial charge is 0.347 e. The highest BCUT2D eigenvalue weighted by atomic mass is 32.2. The molecule has 2 N–H and O–H groups in total. The number of sulfonamides is 1. The zero-order valence-corrected chi connectivity index (χ0v) is 12.5. The van der Waals surface area contributed by atoms with Crippen LogP contribution in [0, 0.1) is 0 Å². The summed E-state index contributed by atoms with van der Waals surface area (Å²) in [5, 5.41) is 9.72. The molecule has 0 aliphatic carbocycles. The number of hydrogen-bond acceptors (Lipinski definition) is 5. The van der Waals surface area contributed by atoms with Crippen LogP contribution >= 0.6 is 11.3 Å². The van der Waals surface area contributed by atoms with Crippen LogP contribution in [-0.4, -0.2) is 38.7 Å². The van der Waals surface area contributed by atoms with Gasteiger partial charge in [-0.1, -0.05) is 18.2 Å². The van der Waals surface area contributed by atoms with Gasteiger partial charge in [-0.3, -0.25) is 0 Å². The standard InChI is InChI=1S/C13H13NO5S2/c15-13(16)11-12(9-3-1-2-4-10(9)20-11)21(17,18)14-8-5-6-19-7-8/h1-4,8,14H,5-7H2,(H,15,16). The van der Waals surface area contributed by atoms with Gasteiger partial charge >= 0.3 is 5.97 Å². The minimum atomic E-state index is -3.90. The first-order chi connectivity index (χ1) is 9.99. The van der Waals surface area contributed by atoms with Crippen molar-refractivity contribution in [1.29, 1.82) is 0 Å². The first-order valence-corrected chi connectivity index (χ1v) is 8.64. The van der Waals surface area contributed by atoms with Gasteiger partial charge in [-0.25, -0.2) is 17.9 Å². The van der Waals surface area contributed by atoms with Crippen LogP contribution in [0.4, 0.5) is 0 Å². The molecule has 1 aromatic heterocycles. The molecule has 1 saturated heterocycles. The predicted molar refractivity (Wildman–Crippen MR) is 78.3 cm³/mol. The Hall–Kier alpha value is -1.48. The summed E-state index contributed by atoms with van der Waals surface area (Å²) in [5.41, 5.74) is 0. The summed E-state index contributed by atoms with van der Waals surface area (Å²) >= 11 is 0.967. The van der Waals surface area contributed by atoms with Crippen LogP contribution in [0.3, 0.4) is 0 Å². The number of fused-ring (bicyclic) bond motifs is 1. The zero-order chi connectivity index (χ0) is 15.0. The molecule has 3 rings (SSSR count). The Morgan fingerprint density at radius 3 is 2.81 bits per heavy atom. The fourth-order valence-corrected chi connectivity index (χ4v) is 5.33. The van der Waals surface area contributed by atoms with E-state index in [1.807, 2.05) is 0 Å². The van der Waals surface area contributed by atoms with Crippen molar-refractivity contribution in [3.05, 3.63) is 29.1 Å². The summed E-state index contributed by atoms with van der Waals surface area (Å²) in [5.74, 6) is -1.24. The van der Waals surface area contributed by atoms with Crippen LogP contribution in [0.1, 0.15) is 16.1 Å². The number of nitrogens with one attached hydrogen (secondary N) is 1. The van der Waals surface area contributed by atoms with E-state index in [9.17, 15) is 18.3 Å². The highest BCUT2D eigenvalue weighted by Gasteiger charge is 2.31. The second-order valence-corrected chi connectivity index (χ2v) is 7.45. The van der Waals surface area contributed by atoms with E-state index < -0.39 is 16.0 Å². The lowest BCUT2D eigenvalue weighted by Gasteiger charge is -2.11. The molecule has 1 aliphatic rings. The topological polar surface area (TPSA) is 92.7 Å². The van der Waals surface area contributed by atoms with Crippen molar-refractivity contribution in [2.45, 2.75) is 17.4 Å². The molecule has 0 amide bonds. The van der Waals surface area contributed by atoms with Gasteiger partial charge in [0, 0.05) is 22.7 Å². The van der Waals surface area contributed by atoms with Gasteiger partial charge in [0.2, 0.25) is 10.0 Å². The largest absolute Gasteiger partial charge is 0.477 e. The van der Waals surface area contributed by atoms with Crippen LogP contribution in [0.15, 0.2) is 29.2 Å². The number of thiophene rings is 1. The molecule has 8 heteroatoms. The summed E-state index contributed by atoms with van der Waals surface area (Å²) in [6.07, 6.45) is 0.587. The van der Waals surface area contributed by atoms with Crippen molar-refractivity contribution in [2.24, 2.45) is 0 Å². The average molecular weight is 327 g/mol. The van der Waals surface area contributed by atoms with E-state index in [0.717, 1.165) is 11.3 Å². The van der Waals surface area contributed by atoms with Crippen molar-refractivity contribution < 1.29 is 23.1 Å². The Bertz CT molecular complexity index is 790. The molecule has 1 fully saturated rings. The van der Waals surface area contributed by atoms with E-state index in [1.165, 1.54) is 0 Å². The molecular formula is C13H13NO5S2. The average Bonchev–Trinajstić information content (AvgIpc) is 3.04. The number of carboxylic acid groups (broad SMARTS) is 1. The molecule has 21 heavy (non-hydrogen) atoms. The Morgan fingerprint density at radius 2 is 2.14 bits per heavy atom. The van der Waals surface area contributed by atoms with Crippen LogP contribution in [0.2, 0.25) is 0 Å². The van der Waals surface area contributed by atoms with Crippen molar-refractivity contribution >= 4 is 37.4 Å². The first-order valence-electron chi connectivity index (χ1n) is 6.34. The third kappa shape index (κ3) is 2.67. The lowest BCUT2D eigenvalue weighted by atomic mass is 10.2. The van der Waals surface area contributed by atoms with Gasteiger partial charge in [0.15, 0.2) is 0 Å². The van der Waals surface area contributed by atoms with Crippen LogP contribution < -0.4 is 4.72 Å². The Balaban J connectivity index is 2.13. The fourth-order valence-electron chi connectivity index (χ4n) is 2.34. The second kappa shape index (κ2) is 5.38. The van der Waals surface area contributed by atoms with Gasteiger partial charge in [0.1, 0.15) is 9.77 Å². The molecule has 2 heterocycles. The molecule has 0 bridgehead atoms. The van der Waals surface area contributed by atoms with Gasteiger partial charge in [-0.05, 0) is 12.5 Å². The number of benzene rings is 1. The molecule has 1 unspecified atom stereocenters. The summed E-state index contributed by atoms with van der Waals surface area (Å²) in [4.78, 5) is 11.1. The fraction of sp³-hybridized carbons (Fsp3) is 0.308. The van der Waals surface area contributed by atoms with Gasteiger partial charge in [-0.2, -0.15) is 0 Å². The van der Waals surface area contributed by atoms with E-state index in [0.29, 0.717) is 29.7 Å². The third-order valence-corrected chi connectivity index (χ3v) is 6.16. The van der Waals surface area contributed by atoms with Crippen LogP contribution in [-0.2, 0) is 14.8 Å². The minimum absolute atomic E-state index is 0.150. The number of hydrogen-bond donors (Lipinski definition) is 2. The van der Waals surface area contributed by atoms with Crippen molar-refractivity contribution in [1.82, 2.24) is 4.72 Å². The number of rotatable bonds is 4. The van der Waals surface area contributed by atoms with Gasteiger partial charge < -0.3 is 9.84 Å². The Kier molecular flexibility index (Phi) is 3.70. The number of ether oxygens (including phenoxy) is 1. The minimum Gasteiger partial charge on any atom is -0.477 e. The molecular weight excluding hydrogens is 314 g/mol. The molecule has 1 aromatic carbocycles. The zero-order valence-electron chi connectivity index (χ0n) is 10.9. The SMILES string of the molecule is O=C(O)c1sc2ccccc2c1S(=O)(=O)NC1CCOC1. The maximum absolute atomic E-state index is 12.6. The molecule has 6 nitrogen and oxygen atoms in total. The normalized spacial score (nSPS) is 19.1. The number of carbonyl (C=O) groups is 1. The van der Waals surface area contributed by atoms with E-state index in [1.54, 1.807) is 24.3 Å². The predicted octanol–water partition coefficient (Wildman–Crippen LogP) is 1.67.